The van der Waals surface area contributed by atoms with Gasteiger partial charge in [-0.3, -0.25) is 4.79 Å². The molecule has 2 aromatic rings. The second kappa shape index (κ2) is 8.18. The lowest BCUT2D eigenvalue weighted by Gasteiger charge is -2.35. The Morgan fingerprint density at radius 1 is 1.31 bits per heavy atom. The Kier molecular flexibility index (Phi) is 5.94. The molecule has 1 heterocycles. The number of carbonyl (C=O) groups excluding carboxylic acids is 1. The van der Waals surface area contributed by atoms with Crippen LogP contribution in [0.3, 0.4) is 0 Å². The van der Waals surface area contributed by atoms with Crippen molar-refractivity contribution in [3.8, 4) is 0 Å². The van der Waals surface area contributed by atoms with Crippen molar-refractivity contribution in [2.24, 2.45) is 7.05 Å². The molecule has 7 heteroatoms. The maximum atomic E-state index is 12.2. The first-order chi connectivity index (χ1) is 12.4. The van der Waals surface area contributed by atoms with Crippen molar-refractivity contribution >= 4 is 17.5 Å². The average Bonchev–Trinajstić information content (AvgIpc) is 2.90. The quantitative estimate of drug-likeness (QED) is 0.807. The molecule has 0 aliphatic heterocycles. The van der Waals surface area contributed by atoms with Gasteiger partial charge in [-0.1, -0.05) is 29.8 Å². The Morgan fingerprint density at radius 3 is 2.73 bits per heavy atom. The summed E-state index contributed by atoms with van der Waals surface area (Å²) in [6, 6.07) is 7.90. The molecule has 1 saturated carbocycles. The van der Waals surface area contributed by atoms with Crippen LogP contribution in [-0.2, 0) is 24.8 Å². The number of aromatic nitrogens is 3. The molecule has 1 fully saturated rings. The molecule has 0 saturated heterocycles. The summed E-state index contributed by atoms with van der Waals surface area (Å²) in [5.41, 5.74) is 1.02. The number of rotatable bonds is 7. The van der Waals surface area contributed by atoms with Gasteiger partial charge in [-0.15, -0.1) is 10.2 Å². The lowest BCUT2D eigenvalue weighted by molar-refractivity contribution is -0.122. The third-order valence-corrected chi connectivity index (χ3v) is 5.27. The second-order valence-corrected chi connectivity index (χ2v) is 7.70. The van der Waals surface area contributed by atoms with Gasteiger partial charge in [0.1, 0.15) is 11.6 Å². The number of hydrogen-bond acceptors (Lipinski definition) is 4. The van der Waals surface area contributed by atoms with Crippen LogP contribution in [0.2, 0.25) is 5.02 Å². The number of nitrogens with one attached hydrogen (secondary N) is 1. The summed E-state index contributed by atoms with van der Waals surface area (Å²) in [5.74, 6) is 2.44. The van der Waals surface area contributed by atoms with Gasteiger partial charge in [0.15, 0.2) is 0 Å². The molecule has 1 aromatic heterocycles. The summed E-state index contributed by atoms with van der Waals surface area (Å²) in [5, 5.41) is 12.5. The molecule has 26 heavy (non-hydrogen) atoms. The topological polar surface area (TPSA) is 63.1 Å². The van der Waals surface area contributed by atoms with E-state index >= 15 is 0 Å². The summed E-state index contributed by atoms with van der Waals surface area (Å²) in [7, 11) is 6.06. The monoisotopic (exact) mass is 375 g/mol. The molecule has 140 valence electrons. The summed E-state index contributed by atoms with van der Waals surface area (Å²) in [6.45, 7) is 0.776. The van der Waals surface area contributed by atoms with Gasteiger partial charge in [0.2, 0.25) is 5.91 Å². The van der Waals surface area contributed by atoms with Crippen molar-refractivity contribution in [1.29, 1.82) is 0 Å². The average molecular weight is 376 g/mol. The zero-order valence-electron chi connectivity index (χ0n) is 15.6. The van der Waals surface area contributed by atoms with Crippen molar-refractivity contribution in [1.82, 2.24) is 25.0 Å². The number of amides is 1. The highest BCUT2D eigenvalue weighted by Gasteiger charge is 2.34. The van der Waals surface area contributed by atoms with E-state index < -0.39 is 0 Å². The Balaban J connectivity index is 1.45. The Hall–Kier alpha value is -1.92. The van der Waals surface area contributed by atoms with Crippen LogP contribution in [0.4, 0.5) is 0 Å². The van der Waals surface area contributed by atoms with E-state index in [1.165, 1.54) is 0 Å². The molecule has 0 bridgehead atoms. The molecule has 0 atom stereocenters. The predicted octanol–water partition coefficient (Wildman–Crippen LogP) is 2.53. The van der Waals surface area contributed by atoms with Crippen LogP contribution >= 0.6 is 11.6 Å². The molecule has 3 rings (SSSR count). The number of halogens is 1. The molecule has 6 nitrogen and oxygen atoms in total. The molecule has 1 amide bonds. The first kappa shape index (κ1) is 18.9. The van der Waals surface area contributed by atoms with Crippen molar-refractivity contribution < 1.29 is 4.79 Å². The fourth-order valence-electron chi connectivity index (χ4n) is 3.35. The van der Waals surface area contributed by atoms with Gasteiger partial charge in [0.25, 0.3) is 0 Å². The largest absolute Gasteiger partial charge is 0.353 e. The Bertz CT molecular complexity index is 767. The third kappa shape index (κ3) is 4.43. The van der Waals surface area contributed by atoms with E-state index in [0.717, 1.165) is 41.6 Å². The minimum Gasteiger partial charge on any atom is -0.353 e. The van der Waals surface area contributed by atoms with Gasteiger partial charge in [0.05, 0.1) is 6.54 Å². The highest BCUT2D eigenvalue weighted by Crippen LogP contribution is 2.36. The van der Waals surface area contributed by atoms with Gasteiger partial charge >= 0.3 is 0 Å². The van der Waals surface area contributed by atoms with Crippen molar-refractivity contribution in [3.05, 3.63) is 46.5 Å². The minimum absolute atomic E-state index is 0.0830. The fraction of sp³-hybridized carbons (Fsp3) is 0.526. The summed E-state index contributed by atoms with van der Waals surface area (Å²) >= 11 is 6.14. The van der Waals surface area contributed by atoms with E-state index in [9.17, 15) is 4.79 Å². The first-order valence-corrected chi connectivity index (χ1v) is 9.37. The maximum absolute atomic E-state index is 12.2. The van der Waals surface area contributed by atoms with E-state index in [2.05, 4.69) is 25.0 Å². The van der Waals surface area contributed by atoms with Crippen LogP contribution in [0.25, 0.3) is 0 Å². The third-order valence-electron chi connectivity index (χ3n) is 4.90. The fourth-order valence-corrected chi connectivity index (χ4v) is 3.58. The summed E-state index contributed by atoms with van der Waals surface area (Å²) in [6.07, 6.45) is 2.97. The van der Waals surface area contributed by atoms with Gasteiger partial charge in [-0.05, 0) is 45.0 Å². The molecule has 1 aromatic carbocycles. The number of nitrogens with zero attached hydrogens (tertiary/aromatic N) is 4. The molecule has 0 unspecified atom stereocenters. The molecule has 0 spiro atoms. The number of hydrogen-bond donors (Lipinski definition) is 1. The number of carbonyl (C=O) groups is 1. The van der Waals surface area contributed by atoms with Gasteiger partial charge in [-0.2, -0.15) is 0 Å². The van der Waals surface area contributed by atoms with Crippen molar-refractivity contribution in [2.45, 2.75) is 44.2 Å². The van der Waals surface area contributed by atoms with Crippen LogP contribution in [0.5, 0.6) is 0 Å². The molecule has 0 radical (unpaired) electrons. The maximum Gasteiger partial charge on any atom is 0.220 e. The van der Waals surface area contributed by atoms with Crippen LogP contribution < -0.4 is 5.32 Å². The SMILES string of the molecule is CN(C)Cc1nnc(C2CC(NC(=O)CCc3ccccc3Cl)C2)n1C. The normalized spacial score (nSPS) is 19.4. The Morgan fingerprint density at radius 2 is 2.04 bits per heavy atom. The minimum atomic E-state index is 0.0830. The van der Waals surface area contributed by atoms with Crippen LogP contribution in [0.1, 0.15) is 42.4 Å². The first-order valence-electron chi connectivity index (χ1n) is 8.99. The van der Waals surface area contributed by atoms with Crippen molar-refractivity contribution in [3.63, 3.8) is 0 Å². The molecule has 1 aliphatic carbocycles. The standard InChI is InChI=1S/C19H26ClN5O/c1-24(2)12-17-22-23-19(25(17)3)14-10-15(11-14)21-18(26)9-8-13-6-4-5-7-16(13)20/h4-7,14-15H,8-12H2,1-3H3,(H,21,26). The van der Waals surface area contributed by atoms with Gasteiger partial charge in [0, 0.05) is 30.5 Å². The summed E-state index contributed by atoms with van der Waals surface area (Å²) in [4.78, 5) is 14.3. The smallest absolute Gasteiger partial charge is 0.220 e. The van der Waals surface area contributed by atoms with E-state index in [1.54, 1.807) is 0 Å². The zero-order chi connectivity index (χ0) is 18.7. The van der Waals surface area contributed by atoms with E-state index in [-0.39, 0.29) is 11.9 Å². The van der Waals surface area contributed by atoms with Crippen LogP contribution in [-0.4, -0.2) is 45.7 Å². The molecular formula is C19H26ClN5O. The molecule has 1 N–H and O–H groups in total. The predicted molar refractivity (Wildman–Crippen MR) is 102 cm³/mol. The molecule has 1 aliphatic rings. The van der Waals surface area contributed by atoms with Crippen LogP contribution in [0, 0.1) is 0 Å². The van der Waals surface area contributed by atoms with E-state index in [4.69, 9.17) is 11.6 Å². The van der Waals surface area contributed by atoms with E-state index in [0.29, 0.717) is 18.8 Å². The van der Waals surface area contributed by atoms with Crippen LogP contribution in [0.15, 0.2) is 24.3 Å². The van der Waals surface area contributed by atoms with Crippen molar-refractivity contribution in [2.75, 3.05) is 14.1 Å². The highest BCUT2D eigenvalue weighted by atomic mass is 35.5. The lowest BCUT2D eigenvalue weighted by Crippen LogP contribution is -2.44. The number of aryl methyl sites for hydroxylation is 1. The number of benzene rings is 1. The van der Waals surface area contributed by atoms with Gasteiger partial charge < -0.3 is 14.8 Å². The van der Waals surface area contributed by atoms with E-state index in [1.807, 2.05) is 45.4 Å². The zero-order valence-corrected chi connectivity index (χ0v) is 16.3. The second-order valence-electron chi connectivity index (χ2n) is 7.30. The molecular weight excluding hydrogens is 350 g/mol. The Labute approximate surface area is 159 Å². The summed E-state index contributed by atoms with van der Waals surface area (Å²) < 4.78 is 2.08. The lowest BCUT2D eigenvalue weighted by atomic mass is 9.79. The van der Waals surface area contributed by atoms with Gasteiger partial charge in [-0.25, -0.2) is 0 Å². The highest BCUT2D eigenvalue weighted by molar-refractivity contribution is 6.31.